The number of anilines is 3. The van der Waals surface area contributed by atoms with Crippen molar-refractivity contribution in [3.05, 3.63) is 42.0 Å². The van der Waals surface area contributed by atoms with Crippen LogP contribution in [0, 0.1) is 0 Å². The molecule has 1 heterocycles. The van der Waals surface area contributed by atoms with Gasteiger partial charge in [-0.1, -0.05) is 11.8 Å². The number of thioether (sulfide) groups is 1. The fraction of sp³-hybridized carbons (Fsp3) is 0.238. The molecule has 3 N–H and O–H groups in total. The van der Waals surface area contributed by atoms with Crippen LogP contribution in [-0.2, 0) is 9.59 Å². The van der Waals surface area contributed by atoms with Crippen LogP contribution >= 0.6 is 23.1 Å². The molecule has 0 aliphatic heterocycles. The first kappa shape index (κ1) is 24.5. The van der Waals surface area contributed by atoms with Gasteiger partial charge in [0.1, 0.15) is 0 Å². The lowest BCUT2D eigenvalue weighted by Crippen LogP contribution is -2.15. The van der Waals surface area contributed by atoms with Crippen LogP contribution < -0.4 is 16.0 Å². The number of benzene rings is 2. The molecule has 0 aliphatic rings. The Hall–Kier alpha value is -3.12. The number of nitrogens with one attached hydrogen (secondary N) is 3. The predicted octanol–water partition coefficient (Wildman–Crippen LogP) is 5.51. The molecule has 12 heteroatoms. The minimum Gasteiger partial charge on any atom is -0.326 e. The van der Waals surface area contributed by atoms with Gasteiger partial charge >= 0.3 is 6.18 Å². The molecule has 3 amide bonds. The minimum atomic E-state index is -4.21. The van der Waals surface area contributed by atoms with Gasteiger partial charge in [-0.25, -0.2) is 4.98 Å². The standard InChI is InChI=1S/C21H19F3N4O3S2/c1-11(29)25-15-7-13(8-16(9-15)26-12(2)30)19(31)27-14-3-4-17-18(10-14)33-20(28-17)32-6-5-21(22,23)24/h3-4,7-10H,5-6H2,1-2H3,(H,25,29)(H,26,30)(H,27,31). The molecule has 33 heavy (non-hydrogen) atoms. The summed E-state index contributed by atoms with van der Waals surface area (Å²) in [5.74, 6) is -1.26. The number of amides is 3. The Morgan fingerprint density at radius 3 is 2.15 bits per heavy atom. The van der Waals surface area contributed by atoms with Crippen LogP contribution in [-0.4, -0.2) is 34.6 Å². The van der Waals surface area contributed by atoms with Crippen molar-refractivity contribution in [1.29, 1.82) is 0 Å². The van der Waals surface area contributed by atoms with Gasteiger partial charge in [-0.15, -0.1) is 11.3 Å². The summed E-state index contributed by atoms with van der Waals surface area (Å²) in [6, 6.07) is 9.47. The van der Waals surface area contributed by atoms with Crippen molar-refractivity contribution >= 4 is 68.1 Å². The first-order chi connectivity index (χ1) is 15.5. The molecule has 3 aromatic rings. The third-order valence-electron chi connectivity index (χ3n) is 4.07. The van der Waals surface area contributed by atoms with Crippen molar-refractivity contribution in [2.45, 2.75) is 30.8 Å². The van der Waals surface area contributed by atoms with E-state index in [-0.39, 0.29) is 23.1 Å². The molecular formula is C21H19F3N4O3S2. The summed E-state index contributed by atoms with van der Waals surface area (Å²) in [4.78, 5) is 39.9. The Labute approximate surface area is 195 Å². The monoisotopic (exact) mass is 496 g/mol. The van der Waals surface area contributed by atoms with Crippen molar-refractivity contribution in [2.75, 3.05) is 21.7 Å². The summed E-state index contributed by atoms with van der Waals surface area (Å²) >= 11 is 2.28. The highest BCUT2D eigenvalue weighted by Gasteiger charge is 2.26. The van der Waals surface area contributed by atoms with Gasteiger partial charge < -0.3 is 16.0 Å². The summed E-state index contributed by atoms with van der Waals surface area (Å²) in [6.07, 6.45) is -5.11. The molecule has 0 spiro atoms. The maximum Gasteiger partial charge on any atom is 0.389 e. The zero-order valence-corrected chi connectivity index (χ0v) is 19.1. The zero-order chi connectivity index (χ0) is 24.2. The smallest absolute Gasteiger partial charge is 0.326 e. The van der Waals surface area contributed by atoms with E-state index in [2.05, 4.69) is 20.9 Å². The van der Waals surface area contributed by atoms with Crippen LogP contribution in [0.25, 0.3) is 10.2 Å². The van der Waals surface area contributed by atoms with Crippen molar-refractivity contribution in [1.82, 2.24) is 4.98 Å². The van der Waals surface area contributed by atoms with Gasteiger partial charge in [-0.3, -0.25) is 14.4 Å². The number of halogens is 3. The van der Waals surface area contributed by atoms with E-state index in [0.29, 0.717) is 31.6 Å². The summed E-state index contributed by atoms with van der Waals surface area (Å²) in [5, 5.41) is 7.90. The quantitative estimate of drug-likeness (QED) is 0.375. The van der Waals surface area contributed by atoms with E-state index in [0.717, 1.165) is 11.8 Å². The Balaban J connectivity index is 1.76. The van der Waals surface area contributed by atoms with E-state index in [1.807, 2.05) is 0 Å². The van der Waals surface area contributed by atoms with E-state index < -0.39 is 18.5 Å². The lowest BCUT2D eigenvalue weighted by atomic mass is 10.1. The molecule has 7 nitrogen and oxygen atoms in total. The highest BCUT2D eigenvalue weighted by molar-refractivity contribution is 8.01. The highest BCUT2D eigenvalue weighted by atomic mass is 32.2. The maximum absolute atomic E-state index is 12.8. The number of hydrogen-bond acceptors (Lipinski definition) is 6. The Bertz CT molecular complexity index is 1180. The molecule has 0 saturated carbocycles. The van der Waals surface area contributed by atoms with Crippen molar-refractivity contribution in [3.63, 3.8) is 0 Å². The molecule has 0 fully saturated rings. The number of carbonyl (C=O) groups is 3. The molecule has 0 atom stereocenters. The minimum absolute atomic E-state index is 0.117. The number of thiazole rings is 1. The van der Waals surface area contributed by atoms with Gasteiger partial charge in [0.15, 0.2) is 4.34 Å². The molecule has 0 radical (unpaired) electrons. The van der Waals surface area contributed by atoms with E-state index in [9.17, 15) is 27.6 Å². The molecule has 1 aromatic heterocycles. The van der Waals surface area contributed by atoms with Gasteiger partial charge in [-0.2, -0.15) is 13.2 Å². The van der Waals surface area contributed by atoms with E-state index in [1.54, 1.807) is 18.2 Å². The summed E-state index contributed by atoms with van der Waals surface area (Å²) < 4.78 is 38.2. The normalized spacial score (nSPS) is 11.3. The van der Waals surface area contributed by atoms with Crippen LogP contribution in [0.15, 0.2) is 40.7 Å². The third-order valence-corrected chi connectivity index (χ3v) is 6.24. The molecular weight excluding hydrogens is 477 g/mol. The molecule has 0 aliphatic carbocycles. The second-order valence-electron chi connectivity index (χ2n) is 6.99. The van der Waals surface area contributed by atoms with Gasteiger partial charge in [0.05, 0.1) is 16.6 Å². The Morgan fingerprint density at radius 1 is 0.939 bits per heavy atom. The Morgan fingerprint density at radius 2 is 1.58 bits per heavy atom. The third kappa shape index (κ3) is 7.46. The van der Waals surface area contributed by atoms with E-state index >= 15 is 0 Å². The van der Waals surface area contributed by atoms with Crippen molar-refractivity contribution in [3.8, 4) is 0 Å². The van der Waals surface area contributed by atoms with Crippen LogP contribution in [0.1, 0.15) is 30.6 Å². The average molecular weight is 497 g/mol. The molecule has 174 valence electrons. The molecule has 0 unspecified atom stereocenters. The van der Waals surface area contributed by atoms with Crippen LogP contribution in [0.4, 0.5) is 30.2 Å². The number of nitrogens with zero attached hydrogens (tertiary/aromatic N) is 1. The topological polar surface area (TPSA) is 100 Å². The van der Waals surface area contributed by atoms with Crippen molar-refractivity contribution in [2.24, 2.45) is 0 Å². The fourth-order valence-corrected chi connectivity index (χ4v) is 4.97. The van der Waals surface area contributed by atoms with E-state index in [1.165, 1.54) is 43.4 Å². The second kappa shape index (κ2) is 10.2. The molecule has 3 rings (SSSR count). The molecule has 0 bridgehead atoms. The van der Waals surface area contributed by atoms with Crippen molar-refractivity contribution < 1.29 is 27.6 Å². The fourth-order valence-electron chi connectivity index (χ4n) is 2.81. The molecule has 2 aromatic carbocycles. The van der Waals surface area contributed by atoms with Gasteiger partial charge in [0, 0.05) is 42.2 Å². The number of fused-ring (bicyclic) bond motifs is 1. The average Bonchev–Trinajstić information content (AvgIpc) is 3.07. The molecule has 0 saturated heterocycles. The maximum atomic E-state index is 12.8. The first-order valence-electron chi connectivity index (χ1n) is 9.60. The number of aromatic nitrogens is 1. The second-order valence-corrected chi connectivity index (χ2v) is 9.36. The summed E-state index contributed by atoms with van der Waals surface area (Å²) in [7, 11) is 0. The number of carbonyl (C=O) groups excluding carboxylic acids is 3. The SMILES string of the molecule is CC(=O)Nc1cc(NC(C)=O)cc(C(=O)Nc2ccc3nc(SCCC(F)(F)F)sc3c2)c1. The van der Waals surface area contributed by atoms with Gasteiger partial charge in [0.25, 0.3) is 5.91 Å². The predicted molar refractivity (Wildman–Crippen MR) is 124 cm³/mol. The lowest BCUT2D eigenvalue weighted by molar-refractivity contribution is -0.129. The van der Waals surface area contributed by atoms with Gasteiger partial charge in [0.2, 0.25) is 11.8 Å². The Kier molecular flexibility index (Phi) is 7.59. The highest BCUT2D eigenvalue weighted by Crippen LogP contribution is 2.33. The lowest BCUT2D eigenvalue weighted by Gasteiger charge is -2.11. The van der Waals surface area contributed by atoms with E-state index in [4.69, 9.17) is 0 Å². The largest absolute Gasteiger partial charge is 0.389 e. The van der Waals surface area contributed by atoms with Crippen LogP contribution in [0.5, 0.6) is 0 Å². The number of hydrogen-bond donors (Lipinski definition) is 3. The summed E-state index contributed by atoms with van der Waals surface area (Å²) in [5.41, 5.74) is 1.98. The summed E-state index contributed by atoms with van der Waals surface area (Å²) in [6.45, 7) is 2.65. The van der Waals surface area contributed by atoms with Crippen LogP contribution in [0.3, 0.4) is 0 Å². The zero-order valence-electron chi connectivity index (χ0n) is 17.5. The number of rotatable bonds is 7. The first-order valence-corrected chi connectivity index (χ1v) is 11.4. The van der Waals surface area contributed by atoms with Gasteiger partial charge in [-0.05, 0) is 36.4 Å². The van der Waals surface area contributed by atoms with Crippen LogP contribution in [0.2, 0.25) is 0 Å². The number of alkyl halides is 3.